The molecule has 2 aliphatic rings. The number of hydrogen-bond acceptors (Lipinski definition) is 2. The van der Waals surface area contributed by atoms with E-state index in [1.807, 2.05) is 0 Å². The molecule has 1 heterocycles. The number of piperidine rings is 1. The van der Waals surface area contributed by atoms with Crippen molar-refractivity contribution in [2.75, 3.05) is 19.6 Å². The van der Waals surface area contributed by atoms with Gasteiger partial charge in [-0.15, -0.1) is 0 Å². The fraction of sp³-hybridized carbons (Fsp3) is 1.00. The molecule has 1 aliphatic carbocycles. The van der Waals surface area contributed by atoms with Gasteiger partial charge in [0.2, 0.25) is 0 Å². The highest BCUT2D eigenvalue weighted by atomic mass is 15.2. The van der Waals surface area contributed by atoms with Crippen LogP contribution in [0.4, 0.5) is 0 Å². The molecule has 94 valence electrons. The van der Waals surface area contributed by atoms with Crippen LogP contribution in [0.2, 0.25) is 0 Å². The van der Waals surface area contributed by atoms with Gasteiger partial charge in [0.25, 0.3) is 0 Å². The molecule has 2 unspecified atom stereocenters. The van der Waals surface area contributed by atoms with E-state index in [0.29, 0.717) is 5.41 Å². The largest absolute Gasteiger partial charge is 0.314 e. The zero-order chi connectivity index (χ0) is 11.6. The molecule has 1 aliphatic heterocycles. The highest BCUT2D eigenvalue weighted by Gasteiger charge is 2.34. The Balaban J connectivity index is 1.84. The van der Waals surface area contributed by atoms with E-state index in [-0.39, 0.29) is 0 Å². The summed E-state index contributed by atoms with van der Waals surface area (Å²) < 4.78 is 0. The maximum absolute atomic E-state index is 3.61. The first-order chi connectivity index (χ1) is 7.61. The first kappa shape index (κ1) is 12.4. The molecule has 0 aromatic rings. The molecule has 0 amide bonds. The molecule has 2 nitrogen and oxygen atoms in total. The third-order valence-electron chi connectivity index (χ3n) is 4.34. The lowest BCUT2D eigenvalue weighted by atomic mass is 9.83. The smallest absolute Gasteiger partial charge is 0.0111 e. The lowest BCUT2D eigenvalue weighted by Gasteiger charge is -2.41. The Labute approximate surface area is 101 Å². The molecule has 16 heavy (non-hydrogen) atoms. The van der Waals surface area contributed by atoms with E-state index in [1.54, 1.807) is 0 Å². The molecule has 2 heteroatoms. The third kappa shape index (κ3) is 2.98. The van der Waals surface area contributed by atoms with E-state index in [9.17, 15) is 0 Å². The molecule has 0 spiro atoms. The summed E-state index contributed by atoms with van der Waals surface area (Å²) in [5, 5.41) is 3.61. The molecule has 0 aromatic carbocycles. The number of likely N-dealkylation sites (tertiary alicyclic amines) is 1. The maximum atomic E-state index is 3.61. The molecular weight excluding hydrogens is 196 g/mol. The molecule has 2 fully saturated rings. The number of nitrogens with one attached hydrogen (secondary N) is 1. The zero-order valence-electron chi connectivity index (χ0n) is 11.3. The predicted octanol–water partition coefficient (Wildman–Crippen LogP) is 2.64. The van der Waals surface area contributed by atoms with Crippen LogP contribution in [0.3, 0.4) is 0 Å². The molecule has 2 atom stereocenters. The monoisotopic (exact) mass is 224 g/mol. The van der Waals surface area contributed by atoms with Crippen LogP contribution in [0.15, 0.2) is 0 Å². The Morgan fingerprint density at radius 2 is 2.12 bits per heavy atom. The Morgan fingerprint density at radius 1 is 1.31 bits per heavy atom. The first-order valence-corrected chi connectivity index (χ1v) is 7.08. The highest BCUT2D eigenvalue weighted by molar-refractivity contribution is 4.90. The van der Waals surface area contributed by atoms with Crippen LogP contribution in [-0.4, -0.2) is 36.6 Å². The minimum atomic E-state index is 0.550. The van der Waals surface area contributed by atoms with Gasteiger partial charge in [-0.3, -0.25) is 4.90 Å². The van der Waals surface area contributed by atoms with Crippen LogP contribution < -0.4 is 5.32 Å². The van der Waals surface area contributed by atoms with Gasteiger partial charge in [0, 0.05) is 18.6 Å². The van der Waals surface area contributed by atoms with Gasteiger partial charge < -0.3 is 5.32 Å². The molecule has 1 saturated heterocycles. The van der Waals surface area contributed by atoms with Gasteiger partial charge in [-0.25, -0.2) is 0 Å². The van der Waals surface area contributed by atoms with E-state index in [1.165, 1.54) is 45.2 Å². The van der Waals surface area contributed by atoms with Crippen molar-refractivity contribution < 1.29 is 0 Å². The number of nitrogens with zero attached hydrogens (tertiary/aromatic N) is 1. The Hall–Kier alpha value is -0.0800. The minimum Gasteiger partial charge on any atom is -0.314 e. The van der Waals surface area contributed by atoms with Gasteiger partial charge in [-0.05, 0) is 50.6 Å². The Morgan fingerprint density at radius 3 is 2.81 bits per heavy atom. The maximum Gasteiger partial charge on any atom is 0.0111 e. The van der Waals surface area contributed by atoms with E-state index >= 15 is 0 Å². The van der Waals surface area contributed by atoms with Gasteiger partial charge >= 0.3 is 0 Å². The van der Waals surface area contributed by atoms with Crippen molar-refractivity contribution in [1.29, 1.82) is 0 Å². The van der Waals surface area contributed by atoms with Crippen molar-refractivity contribution in [3.05, 3.63) is 0 Å². The molecule has 0 bridgehead atoms. The van der Waals surface area contributed by atoms with Crippen molar-refractivity contribution in [3.8, 4) is 0 Å². The standard InChI is InChI=1S/C14H28N2/c1-4-15-12-6-7-13(10-12)16-9-5-8-14(2,3)11-16/h12-13,15H,4-11H2,1-3H3. The van der Waals surface area contributed by atoms with E-state index < -0.39 is 0 Å². The van der Waals surface area contributed by atoms with Crippen molar-refractivity contribution in [2.45, 2.75) is 65.0 Å². The lowest BCUT2D eigenvalue weighted by molar-refractivity contribution is 0.0793. The topological polar surface area (TPSA) is 15.3 Å². The average Bonchev–Trinajstić information content (AvgIpc) is 2.65. The van der Waals surface area contributed by atoms with E-state index in [0.717, 1.165) is 18.6 Å². The number of hydrogen-bond donors (Lipinski definition) is 1. The van der Waals surface area contributed by atoms with Crippen molar-refractivity contribution in [2.24, 2.45) is 5.41 Å². The summed E-state index contributed by atoms with van der Waals surface area (Å²) in [7, 11) is 0. The fourth-order valence-corrected chi connectivity index (χ4v) is 3.54. The summed E-state index contributed by atoms with van der Waals surface area (Å²) in [6.07, 6.45) is 6.98. The highest BCUT2D eigenvalue weighted by Crippen LogP contribution is 2.33. The molecule has 1 N–H and O–H groups in total. The van der Waals surface area contributed by atoms with Crippen LogP contribution in [-0.2, 0) is 0 Å². The van der Waals surface area contributed by atoms with Crippen LogP contribution >= 0.6 is 0 Å². The van der Waals surface area contributed by atoms with Crippen LogP contribution in [0.25, 0.3) is 0 Å². The Bertz CT molecular complexity index is 225. The summed E-state index contributed by atoms with van der Waals surface area (Å²) in [5.41, 5.74) is 0.550. The summed E-state index contributed by atoms with van der Waals surface area (Å²) in [6, 6.07) is 1.66. The van der Waals surface area contributed by atoms with Gasteiger partial charge in [0.05, 0.1) is 0 Å². The quantitative estimate of drug-likeness (QED) is 0.793. The molecule has 0 radical (unpaired) electrons. The lowest BCUT2D eigenvalue weighted by Crippen LogP contribution is -2.45. The number of rotatable bonds is 3. The Kier molecular flexibility index (Phi) is 3.91. The molecule has 1 saturated carbocycles. The first-order valence-electron chi connectivity index (χ1n) is 7.08. The van der Waals surface area contributed by atoms with Crippen molar-refractivity contribution in [3.63, 3.8) is 0 Å². The molecule has 2 rings (SSSR count). The van der Waals surface area contributed by atoms with E-state index in [2.05, 4.69) is 31.0 Å². The normalized spacial score (nSPS) is 35.4. The second-order valence-corrected chi connectivity index (χ2v) is 6.46. The van der Waals surface area contributed by atoms with Crippen molar-refractivity contribution in [1.82, 2.24) is 10.2 Å². The summed E-state index contributed by atoms with van der Waals surface area (Å²) >= 11 is 0. The van der Waals surface area contributed by atoms with Gasteiger partial charge in [-0.1, -0.05) is 20.8 Å². The van der Waals surface area contributed by atoms with Crippen molar-refractivity contribution >= 4 is 0 Å². The second kappa shape index (κ2) is 5.05. The summed E-state index contributed by atoms with van der Waals surface area (Å²) in [5.74, 6) is 0. The average molecular weight is 224 g/mol. The van der Waals surface area contributed by atoms with Crippen LogP contribution in [0.5, 0.6) is 0 Å². The van der Waals surface area contributed by atoms with Crippen LogP contribution in [0, 0.1) is 5.41 Å². The van der Waals surface area contributed by atoms with Crippen LogP contribution in [0.1, 0.15) is 52.9 Å². The predicted molar refractivity (Wildman–Crippen MR) is 69.7 cm³/mol. The third-order valence-corrected chi connectivity index (χ3v) is 4.34. The molecular formula is C14H28N2. The van der Waals surface area contributed by atoms with Gasteiger partial charge in [0.15, 0.2) is 0 Å². The van der Waals surface area contributed by atoms with Gasteiger partial charge in [-0.2, -0.15) is 0 Å². The minimum absolute atomic E-state index is 0.550. The zero-order valence-corrected chi connectivity index (χ0v) is 11.3. The second-order valence-electron chi connectivity index (χ2n) is 6.46. The van der Waals surface area contributed by atoms with E-state index in [4.69, 9.17) is 0 Å². The fourth-order valence-electron chi connectivity index (χ4n) is 3.54. The molecule has 0 aromatic heterocycles. The SMILES string of the molecule is CCNC1CCC(N2CCCC(C)(C)C2)C1. The summed E-state index contributed by atoms with van der Waals surface area (Å²) in [4.78, 5) is 2.76. The van der Waals surface area contributed by atoms with Gasteiger partial charge in [0.1, 0.15) is 0 Å². The summed E-state index contributed by atoms with van der Waals surface area (Å²) in [6.45, 7) is 10.9.